The van der Waals surface area contributed by atoms with E-state index in [9.17, 15) is 4.79 Å². The Hall–Kier alpha value is -3.12. The Labute approximate surface area is 161 Å². The van der Waals surface area contributed by atoms with Crippen molar-refractivity contribution in [3.8, 4) is 0 Å². The maximum absolute atomic E-state index is 12.7. The van der Waals surface area contributed by atoms with Crippen LogP contribution in [0.2, 0.25) is 0 Å². The minimum absolute atomic E-state index is 0.190. The number of nitrogens with one attached hydrogen (secondary N) is 1. The van der Waals surface area contributed by atoms with Crippen molar-refractivity contribution < 1.29 is 4.79 Å². The van der Waals surface area contributed by atoms with Gasteiger partial charge in [-0.1, -0.05) is 72.4 Å². The van der Waals surface area contributed by atoms with Crippen molar-refractivity contribution in [2.24, 2.45) is 0 Å². The van der Waals surface area contributed by atoms with Crippen LogP contribution in [0.3, 0.4) is 0 Å². The summed E-state index contributed by atoms with van der Waals surface area (Å²) in [5.41, 5.74) is 4.70. The quantitative estimate of drug-likeness (QED) is 0.526. The molecule has 1 aromatic heterocycles. The summed E-state index contributed by atoms with van der Waals surface area (Å²) in [4.78, 5) is 12.7. The van der Waals surface area contributed by atoms with Gasteiger partial charge in [-0.15, -0.1) is 10.2 Å². The second-order valence-corrected chi connectivity index (χ2v) is 7.08. The van der Waals surface area contributed by atoms with E-state index < -0.39 is 0 Å². The number of rotatable bonds is 5. The average Bonchev–Trinajstić information content (AvgIpc) is 3.06. The maximum Gasteiger partial charge on any atom is 0.270 e. The Kier molecular flexibility index (Phi) is 4.89. The average molecular weight is 374 g/mol. The zero-order valence-corrected chi connectivity index (χ0v) is 15.6. The van der Waals surface area contributed by atoms with Crippen LogP contribution in [-0.4, -0.2) is 20.8 Å². The molecule has 0 spiro atoms. The monoisotopic (exact) mass is 374 g/mol. The molecule has 0 saturated carbocycles. The zero-order valence-electron chi connectivity index (χ0n) is 14.8. The molecular weight excluding hydrogens is 356 g/mol. The van der Waals surface area contributed by atoms with Crippen LogP contribution >= 0.6 is 11.8 Å². The fourth-order valence-corrected chi connectivity index (χ4v) is 3.68. The summed E-state index contributed by atoms with van der Waals surface area (Å²) in [6, 6.07) is 23.8. The molecule has 4 aromatic rings. The van der Waals surface area contributed by atoms with E-state index in [1.807, 2.05) is 67.6 Å². The number of hydrogen-bond donors (Lipinski definition) is 1. The van der Waals surface area contributed by atoms with Crippen LogP contribution in [0, 0.1) is 6.92 Å². The Morgan fingerprint density at radius 2 is 1.70 bits per heavy atom. The fourth-order valence-electron chi connectivity index (χ4n) is 2.78. The van der Waals surface area contributed by atoms with Gasteiger partial charge in [0.2, 0.25) is 5.16 Å². The van der Waals surface area contributed by atoms with E-state index in [1.165, 1.54) is 17.3 Å². The van der Waals surface area contributed by atoms with E-state index in [2.05, 4.69) is 27.8 Å². The largest absolute Gasteiger partial charge is 0.270 e. The highest BCUT2D eigenvalue weighted by Gasteiger charge is 2.14. The lowest BCUT2D eigenvalue weighted by Crippen LogP contribution is -2.24. The van der Waals surface area contributed by atoms with Gasteiger partial charge in [0, 0.05) is 11.3 Å². The van der Waals surface area contributed by atoms with E-state index in [-0.39, 0.29) is 5.91 Å². The first-order valence-corrected chi connectivity index (χ1v) is 9.58. The van der Waals surface area contributed by atoms with Gasteiger partial charge in [-0.05, 0) is 35.4 Å². The highest BCUT2D eigenvalue weighted by atomic mass is 32.2. The van der Waals surface area contributed by atoms with E-state index >= 15 is 0 Å². The fraction of sp³-hybridized carbons (Fsp3) is 0.0952. The molecule has 0 aliphatic heterocycles. The van der Waals surface area contributed by atoms with Gasteiger partial charge in [0.15, 0.2) is 0 Å². The molecule has 0 aliphatic carbocycles. The predicted octanol–water partition coefficient (Wildman–Crippen LogP) is 4.42. The van der Waals surface area contributed by atoms with Crippen LogP contribution in [0.25, 0.3) is 10.8 Å². The van der Waals surface area contributed by atoms with Crippen molar-refractivity contribution in [2.75, 3.05) is 5.43 Å². The second kappa shape index (κ2) is 7.63. The molecule has 1 amide bonds. The number of carbonyl (C=O) groups excluding carboxylic acids is 1. The molecule has 1 heterocycles. The highest BCUT2D eigenvalue weighted by Crippen LogP contribution is 2.21. The summed E-state index contributed by atoms with van der Waals surface area (Å²) < 4.78 is 1.64. The molecule has 0 saturated heterocycles. The maximum atomic E-state index is 12.7. The van der Waals surface area contributed by atoms with Crippen LogP contribution in [0.1, 0.15) is 21.7 Å². The minimum Gasteiger partial charge on any atom is -0.267 e. The zero-order chi connectivity index (χ0) is 18.6. The summed E-state index contributed by atoms with van der Waals surface area (Å²) in [5.74, 6) is 1.20. The molecule has 0 fully saturated rings. The molecule has 0 atom stereocenters. The molecule has 0 unspecified atom stereocenters. The van der Waals surface area contributed by atoms with Crippen molar-refractivity contribution >= 4 is 28.4 Å². The summed E-state index contributed by atoms with van der Waals surface area (Å²) in [7, 11) is 0. The lowest BCUT2D eigenvalue weighted by Gasteiger charge is -2.10. The van der Waals surface area contributed by atoms with E-state index in [0.717, 1.165) is 16.5 Å². The molecule has 27 heavy (non-hydrogen) atoms. The summed E-state index contributed by atoms with van der Waals surface area (Å²) in [6.45, 7) is 1.82. The topological polar surface area (TPSA) is 59.8 Å². The molecule has 0 bridgehead atoms. The summed E-state index contributed by atoms with van der Waals surface area (Å²) in [5, 5.41) is 11.1. The van der Waals surface area contributed by atoms with Gasteiger partial charge >= 0.3 is 0 Å². The van der Waals surface area contributed by atoms with E-state index in [0.29, 0.717) is 16.5 Å². The molecule has 0 radical (unpaired) electrons. The molecule has 3 aromatic carbocycles. The third kappa shape index (κ3) is 3.85. The first-order valence-electron chi connectivity index (χ1n) is 8.59. The minimum atomic E-state index is -0.190. The number of thioether (sulfide) groups is 1. The SMILES string of the molecule is Cc1nnc(SCc2ccccc2)n1NC(=O)c1ccc2ccccc2c1. The van der Waals surface area contributed by atoms with Crippen LogP contribution in [0.15, 0.2) is 78.0 Å². The number of nitrogens with zero attached hydrogens (tertiary/aromatic N) is 3. The van der Waals surface area contributed by atoms with Gasteiger partial charge in [0.25, 0.3) is 5.91 Å². The number of amides is 1. The number of fused-ring (bicyclic) bond motifs is 1. The van der Waals surface area contributed by atoms with Gasteiger partial charge in [0.05, 0.1) is 0 Å². The smallest absolute Gasteiger partial charge is 0.267 e. The Balaban J connectivity index is 1.53. The Morgan fingerprint density at radius 1 is 0.963 bits per heavy atom. The summed E-state index contributed by atoms with van der Waals surface area (Å²) >= 11 is 1.54. The van der Waals surface area contributed by atoms with E-state index in [1.54, 1.807) is 4.68 Å². The van der Waals surface area contributed by atoms with Crippen LogP contribution in [-0.2, 0) is 5.75 Å². The lowest BCUT2D eigenvalue weighted by atomic mass is 10.1. The molecule has 0 aliphatic rings. The van der Waals surface area contributed by atoms with Gasteiger partial charge < -0.3 is 0 Å². The number of carbonyl (C=O) groups is 1. The van der Waals surface area contributed by atoms with Crippen LogP contribution in [0.5, 0.6) is 0 Å². The first kappa shape index (κ1) is 17.3. The predicted molar refractivity (Wildman–Crippen MR) is 108 cm³/mol. The number of aryl methyl sites for hydroxylation is 1. The lowest BCUT2D eigenvalue weighted by molar-refractivity contribution is 0.101. The van der Waals surface area contributed by atoms with Crippen molar-refractivity contribution in [2.45, 2.75) is 17.8 Å². The molecule has 5 nitrogen and oxygen atoms in total. The number of aromatic nitrogens is 3. The van der Waals surface area contributed by atoms with Crippen molar-refractivity contribution in [1.29, 1.82) is 0 Å². The molecule has 4 rings (SSSR count). The number of benzene rings is 3. The van der Waals surface area contributed by atoms with Crippen LogP contribution in [0.4, 0.5) is 0 Å². The van der Waals surface area contributed by atoms with Crippen molar-refractivity contribution in [3.63, 3.8) is 0 Å². The van der Waals surface area contributed by atoms with Crippen molar-refractivity contribution in [3.05, 3.63) is 89.7 Å². The molecule has 1 N–H and O–H groups in total. The Bertz CT molecular complexity index is 1090. The highest BCUT2D eigenvalue weighted by molar-refractivity contribution is 7.98. The third-order valence-electron chi connectivity index (χ3n) is 4.23. The van der Waals surface area contributed by atoms with Crippen molar-refractivity contribution in [1.82, 2.24) is 14.9 Å². The summed E-state index contributed by atoms with van der Waals surface area (Å²) in [6.07, 6.45) is 0. The molecule has 134 valence electrons. The third-order valence-corrected chi connectivity index (χ3v) is 5.23. The first-order chi connectivity index (χ1) is 13.2. The Morgan fingerprint density at radius 3 is 2.52 bits per heavy atom. The molecule has 6 heteroatoms. The van der Waals surface area contributed by atoms with Gasteiger partial charge in [0.1, 0.15) is 5.82 Å². The number of hydrogen-bond acceptors (Lipinski definition) is 4. The normalized spacial score (nSPS) is 10.9. The van der Waals surface area contributed by atoms with Gasteiger partial charge in [-0.25, -0.2) is 4.68 Å². The van der Waals surface area contributed by atoms with Crippen LogP contribution < -0.4 is 5.43 Å². The second-order valence-electron chi connectivity index (χ2n) is 6.14. The van der Waals surface area contributed by atoms with Gasteiger partial charge in [-0.3, -0.25) is 10.2 Å². The van der Waals surface area contributed by atoms with Gasteiger partial charge in [-0.2, -0.15) is 0 Å². The standard InChI is InChI=1S/C21H18N4OS/c1-15-22-23-21(27-14-16-7-3-2-4-8-16)25(15)24-20(26)19-12-11-17-9-5-6-10-18(17)13-19/h2-13H,14H2,1H3,(H,24,26). The molecular formula is C21H18N4OS. The van der Waals surface area contributed by atoms with E-state index in [4.69, 9.17) is 0 Å².